The van der Waals surface area contributed by atoms with Crippen LogP contribution in [0.5, 0.6) is 11.5 Å². The van der Waals surface area contributed by atoms with Crippen molar-refractivity contribution < 1.29 is 13.9 Å². The van der Waals surface area contributed by atoms with Crippen LogP contribution < -0.4 is 10.1 Å². The summed E-state index contributed by atoms with van der Waals surface area (Å²) in [5, 5.41) is 2.90. The van der Waals surface area contributed by atoms with Crippen LogP contribution in [0.4, 0.5) is 10.1 Å². The maximum atomic E-state index is 13.8. The van der Waals surface area contributed by atoms with E-state index in [4.69, 9.17) is 4.74 Å². The molecule has 0 aliphatic rings. The molecule has 0 bridgehead atoms. The molecule has 0 saturated heterocycles. The summed E-state index contributed by atoms with van der Waals surface area (Å²) < 4.78 is 21.2. The van der Waals surface area contributed by atoms with E-state index >= 15 is 0 Å². The number of para-hydroxylation sites is 3. The van der Waals surface area contributed by atoms with Gasteiger partial charge in [0, 0.05) is 6.20 Å². The quantitative estimate of drug-likeness (QED) is 0.476. The van der Waals surface area contributed by atoms with Gasteiger partial charge in [-0.25, -0.2) is 9.37 Å². The number of rotatable bonds is 6. The van der Waals surface area contributed by atoms with Crippen molar-refractivity contribution in [3.8, 4) is 11.5 Å². The second-order valence-corrected chi connectivity index (χ2v) is 6.60. The van der Waals surface area contributed by atoms with Crippen molar-refractivity contribution in [2.24, 2.45) is 0 Å². The number of amides is 1. The molecule has 0 aliphatic heterocycles. The van der Waals surface area contributed by atoms with Crippen LogP contribution in [0.25, 0.3) is 5.65 Å². The van der Waals surface area contributed by atoms with Crippen LogP contribution in [0, 0.1) is 5.82 Å². The third-order valence-electron chi connectivity index (χ3n) is 4.46. The summed E-state index contributed by atoms with van der Waals surface area (Å²) in [5.74, 6) is 0.386. The number of carbonyl (C=O) groups excluding carboxylic acids is 1. The fraction of sp³-hybridized carbons (Fsp3) is 0.130. The first kappa shape index (κ1) is 18.7. The molecule has 29 heavy (non-hydrogen) atoms. The van der Waals surface area contributed by atoms with Gasteiger partial charge in [0.25, 0.3) is 5.91 Å². The summed E-state index contributed by atoms with van der Waals surface area (Å²) in [7, 11) is 0. The van der Waals surface area contributed by atoms with E-state index in [1.165, 1.54) is 16.7 Å². The van der Waals surface area contributed by atoms with Gasteiger partial charge in [-0.1, -0.05) is 43.7 Å². The van der Waals surface area contributed by atoms with Gasteiger partial charge < -0.3 is 10.1 Å². The second kappa shape index (κ2) is 8.14. The zero-order valence-corrected chi connectivity index (χ0v) is 15.9. The Balaban J connectivity index is 1.69. The highest BCUT2D eigenvalue weighted by Crippen LogP contribution is 2.30. The molecule has 4 rings (SSSR count). The Morgan fingerprint density at radius 3 is 2.62 bits per heavy atom. The number of nitrogens with one attached hydrogen (secondary N) is 1. The van der Waals surface area contributed by atoms with E-state index in [-0.39, 0.29) is 5.91 Å². The van der Waals surface area contributed by atoms with Gasteiger partial charge in [0.1, 0.15) is 22.9 Å². The molecule has 2 aromatic carbocycles. The lowest BCUT2D eigenvalue weighted by Crippen LogP contribution is -2.17. The molecule has 0 aliphatic carbocycles. The number of nitrogens with zero attached hydrogens (tertiary/aromatic N) is 2. The Kier molecular flexibility index (Phi) is 5.24. The summed E-state index contributed by atoms with van der Waals surface area (Å²) in [6.07, 6.45) is 2.72. The monoisotopic (exact) mass is 389 g/mol. The number of pyridine rings is 1. The van der Waals surface area contributed by atoms with Crippen LogP contribution in [0.2, 0.25) is 0 Å². The molecule has 2 heterocycles. The minimum Gasteiger partial charge on any atom is -0.455 e. The number of carbonyl (C=O) groups is 1. The number of hydrogen-bond donors (Lipinski definition) is 1. The molecule has 2 aromatic heterocycles. The van der Waals surface area contributed by atoms with Crippen molar-refractivity contribution in [3.63, 3.8) is 0 Å². The van der Waals surface area contributed by atoms with Gasteiger partial charge in [0.05, 0.1) is 11.4 Å². The third kappa shape index (κ3) is 3.96. The van der Waals surface area contributed by atoms with Gasteiger partial charge >= 0.3 is 0 Å². The molecule has 0 fully saturated rings. The largest absolute Gasteiger partial charge is 0.455 e. The highest BCUT2D eigenvalue weighted by atomic mass is 19.1. The van der Waals surface area contributed by atoms with Crippen molar-refractivity contribution in [2.75, 3.05) is 5.32 Å². The van der Waals surface area contributed by atoms with Crippen molar-refractivity contribution in [3.05, 3.63) is 90.1 Å². The number of halogens is 1. The average Bonchev–Trinajstić information content (AvgIpc) is 3.08. The number of anilines is 1. The van der Waals surface area contributed by atoms with Crippen molar-refractivity contribution in [2.45, 2.75) is 19.8 Å². The summed E-state index contributed by atoms with van der Waals surface area (Å²) in [6.45, 7) is 2.01. The fourth-order valence-electron chi connectivity index (χ4n) is 3.17. The molecule has 1 amide bonds. The lowest BCUT2D eigenvalue weighted by atomic mass is 10.2. The Hall–Kier alpha value is -3.67. The van der Waals surface area contributed by atoms with E-state index in [0.717, 1.165) is 6.42 Å². The maximum Gasteiger partial charge on any atom is 0.274 e. The SMILES string of the molecule is CCCc1nc2ccc(F)cn2c1C(=O)Nc1ccccc1Oc1ccccc1. The predicted octanol–water partition coefficient (Wildman–Crippen LogP) is 5.47. The third-order valence-corrected chi connectivity index (χ3v) is 4.46. The van der Waals surface area contributed by atoms with Gasteiger partial charge in [-0.05, 0) is 42.8 Å². The average molecular weight is 389 g/mol. The molecule has 6 heteroatoms. The molecule has 1 N–H and O–H groups in total. The topological polar surface area (TPSA) is 55.6 Å². The Labute approximate surface area is 167 Å². The molecule has 0 saturated carbocycles. The highest BCUT2D eigenvalue weighted by molar-refractivity contribution is 6.05. The smallest absolute Gasteiger partial charge is 0.274 e. The van der Waals surface area contributed by atoms with Crippen LogP contribution in [0.1, 0.15) is 29.5 Å². The van der Waals surface area contributed by atoms with Crippen molar-refractivity contribution >= 4 is 17.2 Å². The minimum absolute atomic E-state index is 0.330. The zero-order chi connectivity index (χ0) is 20.2. The molecule has 0 spiro atoms. The van der Waals surface area contributed by atoms with E-state index < -0.39 is 5.82 Å². The van der Waals surface area contributed by atoms with Gasteiger partial charge in [0.15, 0.2) is 5.75 Å². The van der Waals surface area contributed by atoms with E-state index in [1.807, 2.05) is 49.4 Å². The summed E-state index contributed by atoms with van der Waals surface area (Å²) in [6, 6.07) is 19.4. The summed E-state index contributed by atoms with van der Waals surface area (Å²) in [5.41, 5.74) is 2.02. The molecular formula is C23H20FN3O2. The minimum atomic E-state index is -0.431. The molecule has 4 aromatic rings. The molecule has 0 atom stereocenters. The van der Waals surface area contributed by atoms with Crippen LogP contribution in [0.15, 0.2) is 72.9 Å². The van der Waals surface area contributed by atoms with Crippen LogP contribution >= 0.6 is 0 Å². The number of benzene rings is 2. The lowest BCUT2D eigenvalue weighted by Gasteiger charge is -2.12. The van der Waals surface area contributed by atoms with Gasteiger partial charge in [-0.3, -0.25) is 9.20 Å². The number of hydrogen-bond acceptors (Lipinski definition) is 3. The standard InChI is InChI=1S/C23H20FN3O2/c1-2-8-19-22(27-15-16(24)13-14-21(27)25-19)23(28)26-18-11-6-7-12-20(18)29-17-9-4-3-5-10-17/h3-7,9-15H,2,8H2,1H3,(H,26,28). The van der Waals surface area contributed by atoms with E-state index in [0.29, 0.717) is 40.6 Å². The molecular weight excluding hydrogens is 369 g/mol. The van der Waals surface area contributed by atoms with Crippen LogP contribution in [-0.4, -0.2) is 15.3 Å². The first-order chi connectivity index (χ1) is 14.2. The number of aromatic nitrogens is 2. The Bertz CT molecular complexity index is 1160. The zero-order valence-electron chi connectivity index (χ0n) is 15.9. The Morgan fingerprint density at radius 2 is 1.83 bits per heavy atom. The van der Waals surface area contributed by atoms with Crippen molar-refractivity contribution in [1.82, 2.24) is 9.38 Å². The number of imidazole rings is 1. The van der Waals surface area contributed by atoms with Gasteiger partial charge in [-0.15, -0.1) is 0 Å². The fourth-order valence-corrected chi connectivity index (χ4v) is 3.17. The van der Waals surface area contributed by atoms with E-state index in [9.17, 15) is 9.18 Å². The Morgan fingerprint density at radius 1 is 1.07 bits per heavy atom. The normalized spacial score (nSPS) is 10.8. The highest BCUT2D eigenvalue weighted by Gasteiger charge is 2.20. The number of aryl methyl sites for hydroxylation is 1. The van der Waals surface area contributed by atoms with Gasteiger partial charge in [0.2, 0.25) is 0 Å². The molecule has 146 valence electrons. The lowest BCUT2D eigenvalue weighted by molar-refractivity contribution is 0.102. The van der Waals surface area contributed by atoms with Crippen LogP contribution in [-0.2, 0) is 6.42 Å². The first-order valence-electron chi connectivity index (χ1n) is 9.45. The second-order valence-electron chi connectivity index (χ2n) is 6.60. The molecule has 0 unspecified atom stereocenters. The number of ether oxygens (including phenoxy) is 1. The van der Waals surface area contributed by atoms with E-state index in [2.05, 4.69) is 10.3 Å². The van der Waals surface area contributed by atoms with Crippen molar-refractivity contribution in [1.29, 1.82) is 0 Å². The van der Waals surface area contributed by atoms with E-state index in [1.54, 1.807) is 18.2 Å². The number of fused-ring (bicyclic) bond motifs is 1. The molecule has 5 nitrogen and oxygen atoms in total. The van der Waals surface area contributed by atoms with Gasteiger partial charge in [-0.2, -0.15) is 0 Å². The summed E-state index contributed by atoms with van der Waals surface area (Å²) in [4.78, 5) is 17.7. The first-order valence-corrected chi connectivity index (χ1v) is 9.45. The maximum absolute atomic E-state index is 13.8. The molecule has 0 radical (unpaired) electrons. The predicted molar refractivity (Wildman–Crippen MR) is 110 cm³/mol. The van der Waals surface area contributed by atoms with Crippen LogP contribution in [0.3, 0.4) is 0 Å². The summed E-state index contributed by atoms with van der Waals surface area (Å²) >= 11 is 0.